The minimum atomic E-state index is -0.747. The highest BCUT2D eigenvalue weighted by atomic mass is 32.2. The van der Waals surface area contributed by atoms with E-state index in [-0.39, 0.29) is 16.3 Å². The summed E-state index contributed by atoms with van der Waals surface area (Å²) in [6.45, 7) is 0. The van der Waals surface area contributed by atoms with Crippen LogP contribution in [0.1, 0.15) is 5.56 Å². The molecule has 0 saturated carbocycles. The minimum Gasteiger partial charge on any atom is -0.497 e. The molecule has 6 heteroatoms. The molecule has 2 aromatic carbocycles. The predicted octanol–water partition coefficient (Wildman–Crippen LogP) is 3.41. The molecule has 2 rings (SSSR count). The topological polar surface area (TPSA) is 59.1 Å². The lowest BCUT2D eigenvalue weighted by Gasteiger charge is -2.08. The van der Waals surface area contributed by atoms with Gasteiger partial charge in [0.2, 0.25) is 0 Å². The molecule has 0 spiro atoms. The summed E-state index contributed by atoms with van der Waals surface area (Å²) in [4.78, 5) is 0.515. The average Bonchev–Trinajstić information content (AvgIpc) is 2.42. The molecular formula is C14H12F2N2OS. The number of hydrogen-bond acceptors (Lipinski definition) is 3. The van der Waals surface area contributed by atoms with Gasteiger partial charge in [0, 0.05) is 10.5 Å². The van der Waals surface area contributed by atoms with E-state index in [2.05, 4.69) is 0 Å². The maximum atomic E-state index is 13.9. The van der Waals surface area contributed by atoms with Gasteiger partial charge in [-0.1, -0.05) is 17.8 Å². The van der Waals surface area contributed by atoms with Gasteiger partial charge in [-0.2, -0.15) is 0 Å². The number of benzene rings is 2. The standard InChI is InChI=1S/C14H12F2N2OS/c1-19-9-3-2-4-10(7-9)20-13-11(15)5-8(14(17)18)6-12(13)16/h2-7H,1H3,(H3,17,18). The van der Waals surface area contributed by atoms with Crippen molar-refractivity contribution in [3.05, 3.63) is 53.6 Å². The van der Waals surface area contributed by atoms with Gasteiger partial charge in [0.05, 0.1) is 12.0 Å². The van der Waals surface area contributed by atoms with Gasteiger partial charge in [-0.25, -0.2) is 8.78 Å². The van der Waals surface area contributed by atoms with Crippen LogP contribution in [0.4, 0.5) is 8.78 Å². The molecule has 0 aliphatic carbocycles. The molecule has 0 unspecified atom stereocenters. The number of nitrogen functional groups attached to an aromatic ring is 1. The van der Waals surface area contributed by atoms with Crippen molar-refractivity contribution in [2.75, 3.05) is 7.11 Å². The van der Waals surface area contributed by atoms with Gasteiger partial charge in [0.1, 0.15) is 23.2 Å². The Morgan fingerprint density at radius 3 is 2.40 bits per heavy atom. The van der Waals surface area contributed by atoms with Gasteiger partial charge < -0.3 is 10.5 Å². The molecule has 3 nitrogen and oxygen atoms in total. The zero-order valence-corrected chi connectivity index (χ0v) is 11.4. The fourth-order valence-corrected chi connectivity index (χ4v) is 2.47. The molecule has 0 heterocycles. The Morgan fingerprint density at radius 2 is 1.85 bits per heavy atom. The summed E-state index contributed by atoms with van der Waals surface area (Å²) in [5.41, 5.74) is 5.24. The molecule has 0 radical (unpaired) electrons. The van der Waals surface area contributed by atoms with E-state index in [0.717, 1.165) is 23.9 Å². The highest BCUT2D eigenvalue weighted by molar-refractivity contribution is 7.99. The second kappa shape index (κ2) is 5.92. The number of halogens is 2. The predicted molar refractivity (Wildman–Crippen MR) is 74.5 cm³/mol. The molecule has 0 saturated heterocycles. The van der Waals surface area contributed by atoms with Gasteiger partial charge in [0.15, 0.2) is 0 Å². The Labute approximate surface area is 119 Å². The van der Waals surface area contributed by atoms with E-state index in [1.807, 2.05) is 0 Å². The van der Waals surface area contributed by atoms with Crippen molar-refractivity contribution < 1.29 is 13.5 Å². The fourth-order valence-electron chi connectivity index (χ4n) is 1.60. The van der Waals surface area contributed by atoms with Crippen molar-refractivity contribution in [3.63, 3.8) is 0 Å². The first-order valence-electron chi connectivity index (χ1n) is 5.66. The highest BCUT2D eigenvalue weighted by Crippen LogP contribution is 2.34. The molecule has 0 aliphatic rings. The fraction of sp³-hybridized carbons (Fsp3) is 0.0714. The van der Waals surface area contributed by atoms with Crippen molar-refractivity contribution in [3.8, 4) is 5.75 Å². The molecule has 0 bridgehead atoms. The van der Waals surface area contributed by atoms with Crippen LogP contribution in [0.5, 0.6) is 5.75 Å². The summed E-state index contributed by atoms with van der Waals surface area (Å²) in [6, 6.07) is 8.99. The van der Waals surface area contributed by atoms with E-state index in [1.165, 1.54) is 7.11 Å². The Bertz CT molecular complexity index is 638. The minimum absolute atomic E-state index is 0.0231. The van der Waals surface area contributed by atoms with Crippen LogP contribution in [0.3, 0.4) is 0 Å². The first kappa shape index (κ1) is 14.3. The van der Waals surface area contributed by atoms with E-state index in [1.54, 1.807) is 24.3 Å². The summed E-state index contributed by atoms with van der Waals surface area (Å²) in [5, 5.41) is 7.19. The van der Waals surface area contributed by atoms with Crippen LogP contribution in [-0.4, -0.2) is 12.9 Å². The van der Waals surface area contributed by atoms with Crippen LogP contribution in [0.15, 0.2) is 46.2 Å². The van der Waals surface area contributed by atoms with Gasteiger partial charge in [-0.15, -0.1) is 0 Å². The third kappa shape index (κ3) is 3.08. The molecule has 20 heavy (non-hydrogen) atoms. The lowest BCUT2D eigenvalue weighted by Crippen LogP contribution is -2.12. The molecule has 0 amide bonds. The number of amidine groups is 1. The first-order chi connectivity index (χ1) is 9.51. The van der Waals surface area contributed by atoms with E-state index in [4.69, 9.17) is 15.9 Å². The summed E-state index contributed by atoms with van der Waals surface area (Å²) >= 11 is 0.949. The second-order valence-corrected chi connectivity index (χ2v) is 5.05. The number of nitrogens with one attached hydrogen (secondary N) is 1. The first-order valence-corrected chi connectivity index (χ1v) is 6.48. The van der Waals surface area contributed by atoms with Crippen LogP contribution in [-0.2, 0) is 0 Å². The van der Waals surface area contributed by atoms with Crippen molar-refractivity contribution >= 4 is 17.6 Å². The van der Waals surface area contributed by atoms with Gasteiger partial charge in [-0.05, 0) is 30.3 Å². The van der Waals surface area contributed by atoms with Crippen molar-refractivity contribution in [2.45, 2.75) is 9.79 Å². The zero-order chi connectivity index (χ0) is 14.7. The zero-order valence-electron chi connectivity index (χ0n) is 10.6. The van der Waals surface area contributed by atoms with E-state index >= 15 is 0 Å². The van der Waals surface area contributed by atoms with Gasteiger partial charge >= 0.3 is 0 Å². The number of ether oxygens (including phenoxy) is 1. The van der Waals surface area contributed by atoms with Crippen molar-refractivity contribution in [2.24, 2.45) is 5.73 Å². The molecule has 0 atom stereocenters. The smallest absolute Gasteiger partial charge is 0.140 e. The quantitative estimate of drug-likeness (QED) is 0.671. The monoisotopic (exact) mass is 294 g/mol. The summed E-state index contributed by atoms with van der Waals surface area (Å²) in [5.74, 6) is -1.26. The molecule has 2 aromatic rings. The number of hydrogen-bond donors (Lipinski definition) is 2. The molecule has 0 aliphatic heterocycles. The Balaban J connectivity index is 2.36. The van der Waals surface area contributed by atoms with Gasteiger partial charge in [0.25, 0.3) is 0 Å². The molecule has 0 aromatic heterocycles. The number of rotatable bonds is 4. The maximum Gasteiger partial charge on any atom is 0.140 e. The van der Waals surface area contributed by atoms with E-state index in [9.17, 15) is 8.78 Å². The Morgan fingerprint density at radius 1 is 1.20 bits per heavy atom. The SMILES string of the molecule is COc1cccc(Sc2c(F)cc(C(=N)N)cc2F)c1. The van der Waals surface area contributed by atoms with Gasteiger partial charge in [-0.3, -0.25) is 5.41 Å². The molecular weight excluding hydrogens is 282 g/mol. The third-order valence-electron chi connectivity index (χ3n) is 2.57. The maximum absolute atomic E-state index is 13.9. The molecule has 3 N–H and O–H groups in total. The van der Waals surface area contributed by atoms with Crippen molar-refractivity contribution in [1.82, 2.24) is 0 Å². The van der Waals surface area contributed by atoms with Crippen molar-refractivity contribution in [1.29, 1.82) is 5.41 Å². The Kier molecular flexibility index (Phi) is 4.24. The van der Waals surface area contributed by atoms with Crippen LogP contribution in [0.25, 0.3) is 0 Å². The van der Waals surface area contributed by atoms with E-state index < -0.39 is 11.6 Å². The second-order valence-electron chi connectivity index (χ2n) is 3.96. The van der Waals surface area contributed by atoms with Crippen LogP contribution in [0.2, 0.25) is 0 Å². The molecule has 0 fully saturated rings. The number of nitrogens with two attached hydrogens (primary N) is 1. The van der Waals surface area contributed by atoms with Crippen LogP contribution in [0, 0.1) is 17.0 Å². The Hall–Kier alpha value is -2.08. The lowest BCUT2D eigenvalue weighted by molar-refractivity contribution is 0.413. The summed E-state index contributed by atoms with van der Waals surface area (Å²) < 4.78 is 32.8. The van der Waals surface area contributed by atoms with Crippen LogP contribution < -0.4 is 10.5 Å². The molecule has 104 valence electrons. The summed E-state index contributed by atoms with van der Waals surface area (Å²) in [7, 11) is 1.52. The normalized spacial score (nSPS) is 10.3. The third-order valence-corrected chi connectivity index (χ3v) is 3.65. The highest BCUT2D eigenvalue weighted by Gasteiger charge is 2.14. The number of methoxy groups -OCH3 is 1. The lowest BCUT2D eigenvalue weighted by atomic mass is 10.2. The summed E-state index contributed by atoms with van der Waals surface area (Å²) in [6.07, 6.45) is 0. The van der Waals surface area contributed by atoms with Crippen LogP contribution >= 0.6 is 11.8 Å². The average molecular weight is 294 g/mol. The largest absolute Gasteiger partial charge is 0.497 e. The van der Waals surface area contributed by atoms with E-state index in [0.29, 0.717) is 10.6 Å².